The monoisotopic (exact) mass is 281 g/mol. The Labute approximate surface area is 120 Å². The molecular weight excluding hydrogens is 257 g/mol. The molecule has 3 nitrogen and oxygen atoms in total. The highest BCUT2D eigenvalue weighted by atomic mass is 19.1. The largest absolute Gasteiger partial charge is 0.488 e. The Hall–Kier alpha value is -1.13. The van der Waals surface area contributed by atoms with Crippen LogP contribution in [-0.2, 0) is 6.54 Å². The van der Waals surface area contributed by atoms with Gasteiger partial charge in [0.1, 0.15) is 6.61 Å². The minimum atomic E-state index is -0.960. The Morgan fingerprint density at radius 3 is 2.70 bits per heavy atom. The highest BCUT2D eigenvalue weighted by Crippen LogP contribution is 2.23. The third-order valence-electron chi connectivity index (χ3n) is 3.93. The van der Waals surface area contributed by atoms with Gasteiger partial charge in [0, 0.05) is 12.6 Å². The number of hydrogen-bond acceptors (Lipinski definition) is 3. The molecule has 1 atom stereocenters. The predicted octanol–water partition coefficient (Wildman–Crippen LogP) is 2.86. The summed E-state index contributed by atoms with van der Waals surface area (Å²) in [4.78, 5) is 0. The zero-order valence-electron chi connectivity index (χ0n) is 12.4. The van der Waals surface area contributed by atoms with E-state index in [1.807, 2.05) is 19.9 Å². The molecule has 1 saturated carbocycles. The molecule has 2 N–H and O–H groups in total. The van der Waals surface area contributed by atoms with Gasteiger partial charge in [-0.2, -0.15) is 0 Å². The summed E-state index contributed by atoms with van der Waals surface area (Å²) >= 11 is 0. The molecule has 0 aliphatic heterocycles. The molecule has 0 saturated heterocycles. The smallest absolute Gasteiger partial charge is 0.165 e. The summed E-state index contributed by atoms with van der Waals surface area (Å²) in [5.41, 5.74) is -0.0455. The first-order valence-corrected chi connectivity index (χ1v) is 7.25. The summed E-state index contributed by atoms with van der Waals surface area (Å²) in [7, 11) is 0. The predicted molar refractivity (Wildman–Crippen MR) is 77.2 cm³/mol. The molecule has 0 aromatic heterocycles. The van der Waals surface area contributed by atoms with E-state index in [2.05, 4.69) is 5.32 Å². The molecule has 1 aliphatic carbocycles. The number of nitrogens with one attached hydrogen (secondary N) is 1. The van der Waals surface area contributed by atoms with Crippen molar-refractivity contribution in [3.63, 3.8) is 0 Å². The van der Waals surface area contributed by atoms with E-state index in [1.54, 1.807) is 13.0 Å². The molecule has 0 heterocycles. The van der Waals surface area contributed by atoms with Crippen molar-refractivity contribution in [3.8, 4) is 5.75 Å². The van der Waals surface area contributed by atoms with E-state index in [4.69, 9.17) is 4.74 Å². The Kier molecular flexibility index (Phi) is 4.66. The third kappa shape index (κ3) is 4.18. The molecule has 0 bridgehead atoms. The summed E-state index contributed by atoms with van der Waals surface area (Å²) in [5, 5.41) is 13.4. The molecule has 20 heavy (non-hydrogen) atoms. The minimum absolute atomic E-state index is 0.0487. The van der Waals surface area contributed by atoms with Crippen LogP contribution in [0.1, 0.15) is 39.2 Å². The maximum Gasteiger partial charge on any atom is 0.165 e. The number of hydrogen-bond donors (Lipinski definition) is 2. The molecule has 0 amide bonds. The van der Waals surface area contributed by atoms with Crippen molar-refractivity contribution >= 4 is 0 Å². The number of ether oxygens (including phenoxy) is 1. The second-order valence-electron chi connectivity index (χ2n) is 6.22. The average molecular weight is 281 g/mol. The maximum atomic E-state index is 13.9. The number of halogens is 1. The van der Waals surface area contributed by atoms with Crippen LogP contribution in [0.2, 0.25) is 0 Å². The molecule has 1 aromatic rings. The van der Waals surface area contributed by atoms with Crippen LogP contribution in [0.3, 0.4) is 0 Å². The van der Waals surface area contributed by atoms with E-state index in [9.17, 15) is 9.50 Å². The van der Waals surface area contributed by atoms with Crippen LogP contribution in [0.25, 0.3) is 0 Å². The van der Waals surface area contributed by atoms with Crippen LogP contribution in [0.4, 0.5) is 4.39 Å². The van der Waals surface area contributed by atoms with Gasteiger partial charge in [-0.05, 0) is 43.4 Å². The quantitative estimate of drug-likeness (QED) is 0.807. The summed E-state index contributed by atoms with van der Waals surface area (Å²) in [6.45, 7) is 6.29. The lowest BCUT2D eigenvalue weighted by Crippen LogP contribution is -2.37. The van der Waals surface area contributed by atoms with Crippen LogP contribution in [0.15, 0.2) is 18.2 Å². The number of benzene rings is 1. The molecule has 112 valence electrons. The molecule has 0 radical (unpaired) electrons. The topological polar surface area (TPSA) is 41.5 Å². The Morgan fingerprint density at radius 2 is 2.15 bits per heavy atom. The highest BCUT2D eigenvalue weighted by Gasteiger charge is 2.26. The first-order valence-electron chi connectivity index (χ1n) is 7.25. The van der Waals surface area contributed by atoms with E-state index < -0.39 is 5.60 Å². The van der Waals surface area contributed by atoms with Crippen molar-refractivity contribution < 1.29 is 14.2 Å². The third-order valence-corrected chi connectivity index (χ3v) is 3.93. The van der Waals surface area contributed by atoms with Crippen LogP contribution < -0.4 is 10.1 Å². The maximum absolute atomic E-state index is 13.9. The summed E-state index contributed by atoms with van der Waals surface area (Å²) in [5.74, 6) is -0.131. The molecule has 4 heteroatoms. The van der Waals surface area contributed by atoms with Crippen LogP contribution >= 0.6 is 0 Å². The number of rotatable bonds is 7. The van der Waals surface area contributed by atoms with Gasteiger partial charge in [0.05, 0.1) is 5.60 Å². The van der Waals surface area contributed by atoms with E-state index in [0.717, 1.165) is 5.56 Å². The zero-order chi connectivity index (χ0) is 14.8. The second-order valence-corrected chi connectivity index (χ2v) is 6.22. The normalized spacial score (nSPS) is 18.1. The van der Waals surface area contributed by atoms with Gasteiger partial charge in [0.25, 0.3) is 0 Å². The zero-order valence-corrected chi connectivity index (χ0v) is 12.4. The lowest BCUT2D eigenvalue weighted by molar-refractivity contribution is -0.0275. The van der Waals surface area contributed by atoms with Gasteiger partial charge in [0.15, 0.2) is 11.6 Å². The lowest BCUT2D eigenvalue weighted by atomic mass is 9.94. The Morgan fingerprint density at radius 1 is 1.45 bits per heavy atom. The molecule has 1 aromatic carbocycles. The van der Waals surface area contributed by atoms with Crippen molar-refractivity contribution in [1.29, 1.82) is 0 Å². The lowest BCUT2D eigenvalue weighted by Gasteiger charge is -2.27. The standard InChI is InChI=1S/C16H24FNO2/c1-11(2)16(3,19)10-20-15-7-4-12(8-14(15)17)9-18-13-5-6-13/h4,7-8,11,13,18-19H,5-6,9-10H2,1-3H3. The van der Waals surface area contributed by atoms with E-state index in [0.29, 0.717) is 12.6 Å². The summed E-state index contributed by atoms with van der Waals surface area (Å²) < 4.78 is 19.3. The van der Waals surface area contributed by atoms with E-state index in [1.165, 1.54) is 18.9 Å². The van der Waals surface area contributed by atoms with Gasteiger partial charge < -0.3 is 15.2 Å². The fraction of sp³-hybridized carbons (Fsp3) is 0.625. The molecule has 1 fully saturated rings. The Balaban J connectivity index is 1.91. The molecule has 1 aliphatic rings. The first-order chi connectivity index (χ1) is 9.38. The van der Waals surface area contributed by atoms with Crippen molar-refractivity contribution in [2.24, 2.45) is 5.92 Å². The fourth-order valence-electron chi connectivity index (χ4n) is 1.71. The minimum Gasteiger partial charge on any atom is -0.488 e. The molecule has 2 rings (SSSR count). The summed E-state index contributed by atoms with van der Waals surface area (Å²) in [6, 6.07) is 5.60. The van der Waals surface area contributed by atoms with Crippen molar-refractivity contribution in [2.45, 2.75) is 51.8 Å². The highest BCUT2D eigenvalue weighted by molar-refractivity contribution is 5.29. The second kappa shape index (κ2) is 6.10. The van der Waals surface area contributed by atoms with E-state index in [-0.39, 0.29) is 24.1 Å². The SMILES string of the molecule is CC(C)C(C)(O)COc1ccc(CNC2CC2)cc1F. The van der Waals surface area contributed by atoms with Crippen LogP contribution in [0.5, 0.6) is 5.75 Å². The average Bonchev–Trinajstić information content (AvgIpc) is 3.19. The van der Waals surface area contributed by atoms with Crippen LogP contribution in [-0.4, -0.2) is 23.4 Å². The summed E-state index contributed by atoms with van der Waals surface area (Å²) in [6.07, 6.45) is 2.43. The van der Waals surface area contributed by atoms with Crippen molar-refractivity contribution in [3.05, 3.63) is 29.6 Å². The van der Waals surface area contributed by atoms with Gasteiger partial charge in [-0.25, -0.2) is 4.39 Å². The molecule has 0 spiro atoms. The van der Waals surface area contributed by atoms with Crippen molar-refractivity contribution in [2.75, 3.05) is 6.61 Å². The fourth-order valence-corrected chi connectivity index (χ4v) is 1.71. The van der Waals surface area contributed by atoms with Gasteiger partial charge in [-0.15, -0.1) is 0 Å². The van der Waals surface area contributed by atoms with E-state index >= 15 is 0 Å². The van der Waals surface area contributed by atoms with Gasteiger partial charge in [-0.1, -0.05) is 19.9 Å². The van der Waals surface area contributed by atoms with Crippen LogP contribution in [0, 0.1) is 11.7 Å². The number of aliphatic hydroxyl groups is 1. The molecular formula is C16H24FNO2. The molecule has 1 unspecified atom stereocenters. The Bertz CT molecular complexity index is 456. The van der Waals surface area contributed by atoms with Gasteiger partial charge in [0.2, 0.25) is 0 Å². The van der Waals surface area contributed by atoms with Gasteiger partial charge >= 0.3 is 0 Å². The van der Waals surface area contributed by atoms with Crippen molar-refractivity contribution in [1.82, 2.24) is 5.32 Å². The first kappa shape index (κ1) is 15.3. The van der Waals surface area contributed by atoms with Gasteiger partial charge in [-0.3, -0.25) is 0 Å².